The number of ether oxygens (including phenoxy) is 1. The maximum Gasteiger partial charge on any atom is 0.123 e. The molecule has 1 saturated carbocycles. The third-order valence-corrected chi connectivity index (χ3v) is 4.27. The molecule has 1 aliphatic rings. The SMILES string of the molecule is Cc1ccc(C#N)cc1OCC1(CS)CCC1. The zero-order chi connectivity index (χ0) is 12.3. The fourth-order valence-electron chi connectivity index (χ4n) is 2.08. The fraction of sp³-hybridized carbons (Fsp3) is 0.500. The molecule has 0 spiro atoms. The second kappa shape index (κ2) is 5.01. The summed E-state index contributed by atoms with van der Waals surface area (Å²) in [6.07, 6.45) is 3.68. The van der Waals surface area contributed by atoms with Crippen LogP contribution in [0.15, 0.2) is 18.2 Å². The summed E-state index contributed by atoms with van der Waals surface area (Å²) in [5, 5.41) is 8.87. The molecule has 17 heavy (non-hydrogen) atoms. The van der Waals surface area contributed by atoms with Crippen LogP contribution in [0.3, 0.4) is 0 Å². The molecular formula is C14H17NOS. The van der Waals surface area contributed by atoms with Crippen molar-refractivity contribution in [1.82, 2.24) is 0 Å². The molecule has 0 aromatic heterocycles. The van der Waals surface area contributed by atoms with Gasteiger partial charge < -0.3 is 4.74 Å². The lowest BCUT2D eigenvalue weighted by molar-refractivity contribution is 0.0825. The second-order valence-corrected chi connectivity index (χ2v) is 5.21. The third kappa shape index (κ3) is 2.58. The molecule has 0 heterocycles. The molecule has 0 unspecified atom stereocenters. The van der Waals surface area contributed by atoms with E-state index in [2.05, 4.69) is 18.7 Å². The fourth-order valence-corrected chi connectivity index (χ4v) is 2.49. The lowest BCUT2D eigenvalue weighted by Crippen LogP contribution is -2.37. The summed E-state index contributed by atoms with van der Waals surface area (Å²) in [6.45, 7) is 2.72. The number of hydrogen-bond acceptors (Lipinski definition) is 3. The Labute approximate surface area is 108 Å². The van der Waals surface area contributed by atoms with Gasteiger partial charge in [-0.25, -0.2) is 0 Å². The molecule has 1 aromatic rings. The Balaban J connectivity index is 2.06. The minimum Gasteiger partial charge on any atom is -0.493 e. The highest BCUT2D eigenvalue weighted by Gasteiger charge is 2.36. The maximum absolute atomic E-state index is 8.87. The molecule has 3 heteroatoms. The maximum atomic E-state index is 8.87. The Morgan fingerprint density at radius 3 is 2.76 bits per heavy atom. The van der Waals surface area contributed by atoms with E-state index in [0.29, 0.717) is 12.2 Å². The lowest BCUT2D eigenvalue weighted by atomic mass is 9.71. The summed E-state index contributed by atoms with van der Waals surface area (Å²) < 4.78 is 5.88. The largest absolute Gasteiger partial charge is 0.493 e. The molecular weight excluding hydrogens is 230 g/mol. The Kier molecular flexibility index (Phi) is 3.63. The lowest BCUT2D eigenvalue weighted by Gasteiger charge is -2.40. The van der Waals surface area contributed by atoms with Gasteiger partial charge in [0.05, 0.1) is 18.2 Å². The Morgan fingerprint density at radius 2 is 2.24 bits per heavy atom. The van der Waals surface area contributed by atoms with Gasteiger partial charge in [0.15, 0.2) is 0 Å². The number of aryl methyl sites for hydroxylation is 1. The van der Waals surface area contributed by atoms with Crippen molar-refractivity contribution in [3.63, 3.8) is 0 Å². The summed E-state index contributed by atoms with van der Waals surface area (Å²) in [7, 11) is 0. The number of thiol groups is 1. The van der Waals surface area contributed by atoms with Gasteiger partial charge in [-0.15, -0.1) is 0 Å². The van der Waals surface area contributed by atoms with Crippen LogP contribution in [0.5, 0.6) is 5.75 Å². The number of rotatable bonds is 4. The summed E-state index contributed by atoms with van der Waals surface area (Å²) in [5.74, 6) is 1.71. The van der Waals surface area contributed by atoms with Gasteiger partial charge in [0.2, 0.25) is 0 Å². The minimum atomic E-state index is 0.262. The molecule has 0 aliphatic heterocycles. The molecule has 90 valence electrons. The smallest absolute Gasteiger partial charge is 0.123 e. The van der Waals surface area contributed by atoms with E-state index in [9.17, 15) is 0 Å². The molecule has 0 bridgehead atoms. The first kappa shape index (κ1) is 12.3. The van der Waals surface area contributed by atoms with Crippen LogP contribution >= 0.6 is 12.6 Å². The van der Waals surface area contributed by atoms with E-state index < -0.39 is 0 Å². The van der Waals surface area contributed by atoms with E-state index in [4.69, 9.17) is 10.00 Å². The van der Waals surface area contributed by atoms with E-state index in [-0.39, 0.29) is 5.41 Å². The highest BCUT2D eigenvalue weighted by atomic mass is 32.1. The second-order valence-electron chi connectivity index (χ2n) is 4.89. The van der Waals surface area contributed by atoms with E-state index in [1.165, 1.54) is 19.3 Å². The Bertz CT molecular complexity index is 441. The van der Waals surface area contributed by atoms with Crippen molar-refractivity contribution >= 4 is 12.6 Å². The molecule has 1 aromatic carbocycles. The topological polar surface area (TPSA) is 33.0 Å². The van der Waals surface area contributed by atoms with Crippen molar-refractivity contribution in [2.24, 2.45) is 5.41 Å². The summed E-state index contributed by atoms with van der Waals surface area (Å²) >= 11 is 4.41. The molecule has 0 amide bonds. The molecule has 2 rings (SSSR count). The molecule has 0 radical (unpaired) electrons. The van der Waals surface area contributed by atoms with E-state index in [0.717, 1.165) is 17.1 Å². The van der Waals surface area contributed by atoms with Crippen molar-refractivity contribution in [3.05, 3.63) is 29.3 Å². The number of nitrogens with zero attached hydrogens (tertiary/aromatic N) is 1. The van der Waals surface area contributed by atoms with Crippen LogP contribution in [0.4, 0.5) is 0 Å². The molecule has 0 N–H and O–H groups in total. The van der Waals surface area contributed by atoms with Crippen LogP contribution in [-0.4, -0.2) is 12.4 Å². The normalized spacial score (nSPS) is 17.0. The monoisotopic (exact) mass is 247 g/mol. The van der Waals surface area contributed by atoms with Crippen LogP contribution < -0.4 is 4.74 Å². The molecule has 1 fully saturated rings. The first-order valence-corrected chi connectivity index (χ1v) is 6.57. The van der Waals surface area contributed by atoms with E-state index in [1.54, 1.807) is 0 Å². The highest BCUT2D eigenvalue weighted by Crippen LogP contribution is 2.42. The van der Waals surface area contributed by atoms with Gasteiger partial charge in [-0.05, 0) is 43.2 Å². The van der Waals surface area contributed by atoms with Gasteiger partial charge >= 0.3 is 0 Å². The number of nitriles is 1. The van der Waals surface area contributed by atoms with Crippen molar-refractivity contribution in [3.8, 4) is 11.8 Å². The van der Waals surface area contributed by atoms with Crippen molar-refractivity contribution in [1.29, 1.82) is 5.26 Å². The van der Waals surface area contributed by atoms with Gasteiger partial charge in [0.25, 0.3) is 0 Å². The first-order valence-electron chi connectivity index (χ1n) is 5.93. The quantitative estimate of drug-likeness (QED) is 0.828. The van der Waals surface area contributed by atoms with Gasteiger partial charge in [0.1, 0.15) is 5.75 Å². The highest BCUT2D eigenvalue weighted by molar-refractivity contribution is 7.80. The molecule has 2 nitrogen and oxygen atoms in total. The van der Waals surface area contributed by atoms with Crippen LogP contribution in [0.2, 0.25) is 0 Å². The first-order chi connectivity index (χ1) is 8.19. The molecule has 1 aliphatic carbocycles. The van der Waals surface area contributed by atoms with Crippen LogP contribution in [0.1, 0.15) is 30.4 Å². The zero-order valence-electron chi connectivity index (χ0n) is 10.1. The van der Waals surface area contributed by atoms with Crippen LogP contribution in [0.25, 0.3) is 0 Å². The summed E-state index contributed by atoms with van der Waals surface area (Å²) in [5.41, 5.74) is 2.00. The summed E-state index contributed by atoms with van der Waals surface area (Å²) in [4.78, 5) is 0. The Morgan fingerprint density at radius 1 is 1.47 bits per heavy atom. The van der Waals surface area contributed by atoms with Crippen LogP contribution in [0, 0.1) is 23.7 Å². The van der Waals surface area contributed by atoms with Crippen molar-refractivity contribution in [2.45, 2.75) is 26.2 Å². The van der Waals surface area contributed by atoms with Crippen LogP contribution in [-0.2, 0) is 0 Å². The minimum absolute atomic E-state index is 0.262. The Hall–Kier alpha value is -1.14. The van der Waals surface area contributed by atoms with Gasteiger partial charge in [-0.2, -0.15) is 17.9 Å². The zero-order valence-corrected chi connectivity index (χ0v) is 11.0. The van der Waals surface area contributed by atoms with Crippen molar-refractivity contribution < 1.29 is 4.74 Å². The summed E-state index contributed by atoms with van der Waals surface area (Å²) in [6, 6.07) is 7.71. The van der Waals surface area contributed by atoms with Gasteiger partial charge in [-0.1, -0.05) is 12.5 Å². The van der Waals surface area contributed by atoms with Crippen molar-refractivity contribution in [2.75, 3.05) is 12.4 Å². The molecule has 0 saturated heterocycles. The van der Waals surface area contributed by atoms with E-state index in [1.807, 2.05) is 25.1 Å². The van der Waals surface area contributed by atoms with Gasteiger partial charge in [0, 0.05) is 5.41 Å². The van der Waals surface area contributed by atoms with E-state index >= 15 is 0 Å². The third-order valence-electron chi connectivity index (χ3n) is 3.60. The van der Waals surface area contributed by atoms with Gasteiger partial charge in [-0.3, -0.25) is 0 Å². The standard InChI is InChI=1S/C14H17NOS/c1-11-3-4-12(8-15)7-13(11)16-9-14(10-17)5-2-6-14/h3-4,7,17H,2,5-6,9-10H2,1H3. The number of benzene rings is 1. The predicted molar refractivity (Wildman–Crippen MR) is 71.5 cm³/mol. The number of hydrogen-bond donors (Lipinski definition) is 1. The average Bonchev–Trinajstić information content (AvgIpc) is 2.30. The predicted octanol–water partition coefficient (Wildman–Crippen LogP) is 3.35. The average molecular weight is 247 g/mol. The molecule has 0 atom stereocenters.